The Hall–Kier alpha value is -3.72. The van der Waals surface area contributed by atoms with Gasteiger partial charge in [-0.15, -0.1) is 0 Å². The van der Waals surface area contributed by atoms with Crippen LogP contribution in [0.25, 0.3) is 0 Å². The lowest BCUT2D eigenvalue weighted by Crippen LogP contribution is -2.47. The Morgan fingerprint density at radius 1 is 1.00 bits per heavy atom. The topological polar surface area (TPSA) is 94.2 Å². The third kappa shape index (κ3) is 5.38. The summed E-state index contributed by atoms with van der Waals surface area (Å²) in [5, 5.41) is 2.79. The predicted octanol–water partition coefficient (Wildman–Crippen LogP) is 3.68. The first-order valence-corrected chi connectivity index (χ1v) is 12.1. The Kier molecular flexibility index (Phi) is 6.41. The zero-order chi connectivity index (χ0) is 23.4. The second-order valence-corrected chi connectivity index (χ2v) is 9.41. The highest BCUT2D eigenvalue weighted by Gasteiger charge is 2.29. The van der Waals surface area contributed by atoms with Crippen LogP contribution in [0.15, 0.2) is 72.8 Å². The zero-order valence-corrected chi connectivity index (χ0v) is 19.0. The van der Waals surface area contributed by atoms with Gasteiger partial charge in [-0.3, -0.25) is 9.10 Å². The number of sulfonamides is 1. The average molecular weight is 469 g/mol. The molecule has 0 radical (unpaired) electrons. The summed E-state index contributed by atoms with van der Waals surface area (Å²) in [5.74, 6) is 2.06. The van der Waals surface area contributed by atoms with E-state index in [2.05, 4.69) is 5.32 Å². The first-order valence-electron chi connectivity index (χ1n) is 10.3. The standard InChI is InChI=1S/C24H24N2O6S/c1-17(24(27)25-15-18-8-13-22-23(14-18)31-16-30-22)26(33(2,28)29)19-9-11-21(12-10-19)32-20-6-4-3-5-7-20/h3-14,17H,15-16H2,1-2H3,(H,25,27)/t17-/m0/s1. The Morgan fingerprint density at radius 3 is 2.36 bits per heavy atom. The van der Waals surface area contributed by atoms with Crippen LogP contribution in [0, 0.1) is 0 Å². The molecule has 1 N–H and O–H groups in total. The molecule has 1 amide bonds. The molecule has 4 rings (SSSR count). The zero-order valence-electron chi connectivity index (χ0n) is 18.2. The van der Waals surface area contributed by atoms with Gasteiger partial charge in [-0.05, 0) is 61.0 Å². The minimum atomic E-state index is -3.73. The van der Waals surface area contributed by atoms with Crippen molar-refractivity contribution in [2.45, 2.75) is 19.5 Å². The summed E-state index contributed by atoms with van der Waals surface area (Å²) < 4.78 is 42.6. The summed E-state index contributed by atoms with van der Waals surface area (Å²) >= 11 is 0. The summed E-state index contributed by atoms with van der Waals surface area (Å²) in [5.41, 5.74) is 1.18. The number of hydrogen-bond acceptors (Lipinski definition) is 6. The maximum atomic E-state index is 12.8. The monoisotopic (exact) mass is 468 g/mol. The summed E-state index contributed by atoms with van der Waals surface area (Å²) in [6, 6.07) is 20.2. The Bertz CT molecular complexity index is 1230. The van der Waals surface area contributed by atoms with Crippen molar-refractivity contribution in [2.24, 2.45) is 0 Å². The van der Waals surface area contributed by atoms with Gasteiger partial charge < -0.3 is 19.5 Å². The minimum absolute atomic E-state index is 0.167. The van der Waals surface area contributed by atoms with Crippen molar-refractivity contribution in [2.75, 3.05) is 17.4 Å². The number of nitrogens with one attached hydrogen (secondary N) is 1. The molecule has 8 nitrogen and oxygen atoms in total. The molecule has 0 aliphatic carbocycles. The van der Waals surface area contributed by atoms with Gasteiger partial charge in [0, 0.05) is 6.54 Å². The Labute approximate surface area is 192 Å². The molecule has 9 heteroatoms. The number of anilines is 1. The van der Waals surface area contributed by atoms with Crippen LogP contribution >= 0.6 is 0 Å². The summed E-state index contributed by atoms with van der Waals surface area (Å²) in [7, 11) is -3.73. The second-order valence-electron chi connectivity index (χ2n) is 7.55. The molecule has 33 heavy (non-hydrogen) atoms. The van der Waals surface area contributed by atoms with Crippen LogP contribution in [0.3, 0.4) is 0 Å². The molecule has 1 atom stereocenters. The number of ether oxygens (including phenoxy) is 3. The van der Waals surface area contributed by atoms with Crippen molar-refractivity contribution in [1.29, 1.82) is 0 Å². The normalized spacial score (nSPS) is 13.3. The number of hydrogen-bond donors (Lipinski definition) is 1. The van der Waals surface area contributed by atoms with Crippen molar-refractivity contribution in [1.82, 2.24) is 5.32 Å². The molecule has 3 aromatic carbocycles. The molecular formula is C24H24N2O6S. The van der Waals surface area contributed by atoms with Crippen LogP contribution in [-0.2, 0) is 21.4 Å². The molecule has 0 bridgehead atoms. The lowest BCUT2D eigenvalue weighted by molar-refractivity contribution is -0.122. The largest absolute Gasteiger partial charge is 0.457 e. The molecule has 1 heterocycles. The van der Waals surface area contributed by atoms with Gasteiger partial charge in [0.2, 0.25) is 22.7 Å². The van der Waals surface area contributed by atoms with Gasteiger partial charge in [0.1, 0.15) is 17.5 Å². The van der Waals surface area contributed by atoms with Gasteiger partial charge in [-0.25, -0.2) is 8.42 Å². The average Bonchev–Trinajstić information content (AvgIpc) is 3.26. The van der Waals surface area contributed by atoms with Gasteiger partial charge in [-0.1, -0.05) is 24.3 Å². The smallest absolute Gasteiger partial charge is 0.243 e. The maximum Gasteiger partial charge on any atom is 0.243 e. The van der Waals surface area contributed by atoms with E-state index in [1.165, 1.54) is 0 Å². The quantitative estimate of drug-likeness (QED) is 0.542. The molecule has 0 saturated heterocycles. The molecule has 0 aromatic heterocycles. The van der Waals surface area contributed by atoms with Crippen LogP contribution in [-0.4, -0.2) is 33.4 Å². The molecule has 0 saturated carbocycles. The van der Waals surface area contributed by atoms with E-state index in [1.54, 1.807) is 43.3 Å². The van der Waals surface area contributed by atoms with Gasteiger partial charge >= 0.3 is 0 Å². The van der Waals surface area contributed by atoms with Crippen molar-refractivity contribution >= 4 is 21.6 Å². The van der Waals surface area contributed by atoms with E-state index in [4.69, 9.17) is 14.2 Å². The predicted molar refractivity (Wildman–Crippen MR) is 124 cm³/mol. The van der Waals surface area contributed by atoms with E-state index in [0.29, 0.717) is 28.7 Å². The van der Waals surface area contributed by atoms with Crippen molar-refractivity contribution in [3.63, 3.8) is 0 Å². The molecule has 172 valence electrons. The fourth-order valence-corrected chi connectivity index (χ4v) is 4.66. The summed E-state index contributed by atoms with van der Waals surface area (Å²) in [4.78, 5) is 12.8. The molecule has 1 aliphatic heterocycles. The molecule has 3 aromatic rings. The van der Waals surface area contributed by atoms with E-state index in [0.717, 1.165) is 16.1 Å². The highest BCUT2D eigenvalue weighted by Crippen LogP contribution is 2.32. The third-order valence-electron chi connectivity index (χ3n) is 5.06. The van der Waals surface area contributed by atoms with E-state index >= 15 is 0 Å². The van der Waals surface area contributed by atoms with E-state index < -0.39 is 22.0 Å². The fourth-order valence-electron chi connectivity index (χ4n) is 3.48. The van der Waals surface area contributed by atoms with Gasteiger partial charge in [-0.2, -0.15) is 0 Å². The first kappa shape index (κ1) is 22.5. The number of carbonyl (C=O) groups is 1. The molecule has 1 aliphatic rings. The number of amides is 1. The second kappa shape index (κ2) is 9.41. The third-order valence-corrected chi connectivity index (χ3v) is 6.30. The summed E-state index contributed by atoms with van der Waals surface area (Å²) in [6.45, 7) is 1.94. The van der Waals surface area contributed by atoms with Crippen LogP contribution in [0.2, 0.25) is 0 Å². The van der Waals surface area contributed by atoms with Crippen molar-refractivity contribution in [3.05, 3.63) is 78.4 Å². The Morgan fingerprint density at radius 2 is 1.67 bits per heavy atom. The fraction of sp³-hybridized carbons (Fsp3) is 0.208. The van der Waals surface area contributed by atoms with Crippen molar-refractivity contribution in [3.8, 4) is 23.0 Å². The van der Waals surface area contributed by atoms with Crippen LogP contribution in [0.5, 0.6) is 23.0 Å². The van der Waals surface area contributed by atoms with Gasteiger partial charge in [0.05, 0.1) is 11.9 Å². The summed E-state index contributed by atoms with van der Waals surface area (Å²) in [6.07, 6.45) is 1.07. The SMILES string of the molecule is C[C@@H](C(=O)NCc1ccc2c(c1)OCO2)N(c1ccc(Oc2ccccc2)cc1)S(C)(=O)=O. The van der Waals surface area contributed by atoms with E-state index in [9.17, 15) is 13.2 Å². The number of nitrogens with zero attached hydrogens (tertiary/aromatic N) is 1. The first-order chi connectivity index (χ1) is 15.8. The van der Waals surface area contributed by atoms with Crippen LogP contribution in [0.1, 0.15) is 12.5 Å². The lowest BCUT2D eigenvalue weighted by Gasteiger charge is -2.28. The van der Waals surface area contributed by atoms with Crippen LogP contribution < -0.4 is 23.8 Å². The highest BCUT2D eigenvalue weighted by molar-refractivity contribution is 7.92. The molecule has 0 unspecified atom stereocenters. The molecular weight excluding hydrogens is 444 g/mol. The number of para-hydroxylation sites is 1. The highest BCUT2D eigenvalue weighted by atomic mass is 32.2. The number of benzene rings is 3. The van der Waals surface area contributed by atoms with Gasteiger partial charge in [0.25, 0.3) is 0 Å². The Balaban J connectivity index is 1.45. The maximum absolute atomic E-state index is 12.8. The van der Waals surface area contributed by atoms with Gasteiger partial charge in [0.15, 0.2) is 11.5 Å². The van der Waals surface area contributed by atoms with Crippen LogP contribution in [0.4, 0.5) is 5.69 Å². The number of rotatable bonds is 8. The molecule has 0 spiro atoms. The van der Waals surface area contributed by atoms with E-state index in [-0.39, 0.29) is 13.3 Å². The lowest BCUT2D eigenvalue weighted by atomic mass is 10.2. The molecule has 0 fully saturated rings. The van der Waals surface area contributed by atoms with E-state index in [1.807, 2.05) is 36.4 Å². The number of fused-ring (bicyclic) bond motifs is 1. The number of carbonyl (C=O) groups excluding carboxylic acids is 1. The minimum Gasteiger partial charge on any atom is -0.457 e. The van der Waals surface area contributed by atoms with Crippen molar-refractivity contribution < 1.29 is 27.4 Å².